The number of nitrogens with one attached hydrogen (secondary N) is 1. The third-order valence-electron chi connectivity index (χ3n) is 3.52. The topological polar surface area (TPSA) is 41.6 Å². The van der Waals surface area contributed by atoms with Crippen molar-refractivity contribution in [2.24, 2.45) is 5.92 Å². The highest BCUT2D eigenvalue weighted by atomic mass is 16.5. The van der Waals surface area contributed by atoms with E-state index in [0.717, 1.165) is 38.1 Å². The number of nitrogens with zero attached hydrogens (tertiary/aromatic N) is 1. The molecule has 0 aromatic rings. The Morgan fingerprint density at radius 3 is 2.87 bits per heavy atom. The number of hydrogen-bond acceptors (Lipinski definition) is 3. The quantitative estimate of drug-likeness (QED) is 0.680. The van der Waals surface area contributed by atoms with Crippen molar-refractivity contribution in [3.05, 3.63) is 12.0 Å². The van der Waals surface area contributed by atoms with E-state index in [1.807, 2.05) is 11.1 Å². The minimum Gasteiger partial charge on any atom is -0.494 e. The molecule has 2 saturated heterocycles. The Labute approximate surface area is 89.3 Å². The van der Waals surface area contributed by atoms with E-state index in [1.165, 1.54) is 0 Å². The second-order valence-corrected chi connectivity index (χ2v) is 4.53. The van der Waals surface area contributed by atoms with Crippen LogP contribution in [0.1, 0.15) is 19.3 Å². The average Bonchev–Trinajstić information content (AvgIpc) is 2.91. The van der Waals surface area contributed by atoms with Gasteiger partial charge in [-0.3, -0.25) is 4.79 Å². The zero-order valence-corrected chi connectivity index (χ0v) is 8.74. The zero-order chi connectivity index (χ0) is 10.3. The number of hydrogen-bond donors (Lipinski definition) is 1. The molecular formula is C11H16N2O2. The van der Waals surface area contributed by atoms with Gasteiger partial charge in [0.25, 0.3) is 0 Å². The van der Waals surface area contributed by atoms with Crippen molar-refractivity contribution in [2.75, 3.05) is 19.7 Å². The lowest BCUT2D eigenvalue weighted by atomic mass is 9.96. The lowest BCUT2D eigenvalue weighted by Crippen LogP contribution is -2.42. The fourth-order valence-electron chi connectivity index (χ4n) is 2.61. The Balaban J connectivity index is 1.69. The highest BCUT2D eigenvalue weighted by molar-refractivity contribution is 5.81. The van der Waals surface area contributed by atoms with Gasteiger partial charge < -0.3 is 15.0 Å². The van der Waals surface area contributed by atoms with Gasteiger partial charge in [-0.25, -0.2) is 0 Å². The predicted molar refractivity (Wildman–Crippen MR) is 54.9 cm³/mol. The molecule has 2 bridgehead atoms. The summed E-state index contributed by atoms with van der Waals surface area (Å²) in [7, 11) is 0. The Morgan fingerprint density at radius 1 is 1.47 bits per heavy atom. The number of carbonyl (C=O) groups excluding carboxylic acids is 1. The standard InChI is InChI=1S/C11H16N2O2/c14-11(8-1-3-12-4-2-8)13-6-10-5-9(13)7-15-10/h6,8-9,12H,1-5,7H2. The van der Waals surface area contributed by atoms with Crippen LogP contribution in [-0.2, 0) is 9.53 Å². The summed E-state index contributed by atoms with van der Waals surface area (Å²) in [6.07, 6.45) is 4.79. The van der Waals surface area contributed by atoms with Crippen LogP contribution in [0, 0.1) is 5.92 Å². The first-order chi connectivity index (χ1) is 7.34. The Morgan fingerprint density at radius 2 is 2.27 bits per heavy atom. The second kappa shape index (κ2) is 3.52. The molecule has 82 valence electrons. The Bertz CT molecular complexity index is 308. The predicted octanol–water partition coefficient (Wildman–Crippen LogP) is 0.458. The lowest BCUT2D eigenvalue weighted by Gasteiger charge is -2.29. The number of ether oxygens (including phenoxy) is 1. The molecule has 0 radical (unpaired) electrons. The molecule has 1 atom stereocenters. The van der Waals surface area contributed by atoms with Gasteiger partial charge in [-0.1, -0.05) is 0 Å². The van der Waals surface area contributed by atoms with E-state index in [0.29, 0.717) is 18.6 Å². The van der Waals surface area contributed by atoms with Gasteiger partial charge in [0.15, 0.2) is 0 Å². The summed E-state index contributed by atoms with van der Waals surface area (Å²) in [6, 6.07) is 0.294. The summed E-state index contributed by atoms with van der Waals surface area (Å²) >= 11 is 0. The van der Waals surface area contributed by atoms with E-state index in [1.54, 1.807) is 0 Å². The van der Waals surface area contributed by atoms with E-state index in [9.17, 15) is 4.79 Å². The normalized spacial score (nSPS) is 30.3. The van der Waals surface area contributed by atoms with Gasteiger partial charge in [-0.2, -0.15) is 0 Å². The van der Waals surface area contributed by atoms with Crippen LogP contribution in [0.5, 0.6) is 0 Å². The molecule has 4 heteroatoms. The fraction of sp³-hybridized carbons (Fsp3) is 0.727. The van der Waals surface area contributed by atoms with E-state index < -0.39 is 0 Å². The van der Waals surface area contributed by atoms with Crippen LogP contribution in [0.15, 0.2) is 12.0 Å². The first-order valence-corrected chi connectivity index (χ1v) is 5.71. The third-order valence-corrected chi connectivity index (χ3v) is 3.52. The summed E-state index contributed by atoms with van der Waals surface area (Å²) in [5.74, 6) is 1.52. The molecule has 0 spiro atoms. The van der Waals surface area contributed by atoms with Crippen molar-refractivity contribution >= 4 is 5.91 Å². The average molecular weight is 208 g/mol. The summed E-state index contributed by atoms with van der Waals surface area (Å²) in [4.78, 5) is 14.1. The maximum Gasteiger partial charge on any atom is 0.230 e. The van der Waals surface area contributed by atoms with Gasteiger partial charge in [-0.15, -0.1) is 0 Å². The monoisotopic (exact) mass is 208 g/mol. The van der Waals surface area contributed by atoms with E-state index in [4.69, 9.17) is 4.74 Å². The number of piperidine rings is 1. The number of amides is 1. The van der Waals surface area contributed by atoms with Crippen LogP contribution >= 0.6 is 0 Å². The molecule has 0 aromatic carbocycles. The van der Waals surface area contributed by atoms with Crippen molar-refractivity contribution in [3.63, 3.8) is 0 Å². The van der Waals surface area contributed by atoms with Gasteiger partial charge >= 0.3 is 0 Å². The van der Waals surface area contributed by atoms with Crippen LogP contribution < -0.4 is 5.32 Å². The highest BCUT2D eigenvalue weighted by Gasteiger charge is 2.38. The SMILES string of the molecule is O=C(C1CCNCC1)N1C=C2CC1CO2. The Hall–Kier alpha value is -1.03. The minimum absolute atomic E-state index is 0.224. The van der Waals surface area contributed by atoms with Crippen molar-refractivity contribution in [3.8, 4) is 0 Å². The molecular weight excluding hydrogens is 192 g/mol. The first-order valence-electron chi connectivity index (χ1n) is 5.71. The molecule has 3 rings (SSSR count). The molecule has 3 aliphatic heterocycles. The number of carbonyl (C=O) groups is 1. The molecule has 0 aromatic heterocycles. The van der Waals surface area contributed by atoms with Crippen LogP contribution in [0.3, 0.4) is 0 Å². The lowest BCUT2D eigenvalue weighted by molar-refractivity contribution is -0.135. The van der Waals surface area contributed by atoms with Crippen molar-refractivity contribution < 1.29 is 9.53 Å². The van der Waals surface area contributed by atoms with Gasteiger partial charge in [0.2, 0.25) is 5.91 Å². The van der Waals surface area contributed by atoms with Gasteiger partial charge in [0, 0.05) is 18.5 Å². The van der Waals surface area contributed by atoms with Crippen molar-refractivity contribution in [1.82, 2.24) is 10.2 Å². The molecule has 4 nitrogen and oxygen atoms in total. The van der Waals surface area contributed by atoms with E-state index >= 15 is 0 Å². The van der Waals surface area contributed by atoms with Crippen molar-refractivity contribution in [1.29, 1.82) is 0 Å². The van der Waals surface area contributed by atoms with Gasteiger partial charge in [0.1, 0.15) is 12.4 Å². The van der Waals surface area contributed by atoms with Crippen LogP contribution in [0.25, 0.3) is 0 Å². The molecule has 1 amide bonds. The van der Waals surface area contributed by atoms with E-state index in [-0.39, 0.29) is 5.92 Å². The van der Waals surface area contributed by atoms with Crippen molar-refractivity contribution in [2.45, 2.75) is 25.3 Å². The first kappa shape index (κ1) is 9.21. The summed E-state index contributed by atoms with van der Waals surface area (Å²) in [6.45, 7) is 2.65. The molecule has 1 unspecified atom stereocenters. The minimum atomic E-state index is 0.224. The fourth-order valence-corrected chi connectivity index (χ4v) is 2.61. The summed E-state index contributed by atoms with van der Waals surface area (Å²) in [5, 5.41) is 3.28. The molecule has 15 heavy (non-hydrogen) atoms. The van der Waals surface area contributed by atoms with E-state index in [2.05, 4.69) is 5.32 Å². The maximum absolute atomic E-state index is 12.2. The molecule has 3 heterocycles. The Kier molecular flexibility index (Phi) is 2.16. The molecule has 2 fully saturated rings. The maximum atomic E-state index is 12.2. The molecule has 1 N–H and O–H groups in total. The van der Waals surface area contributed by atoms with Crippen LogP contribution in [0.4, 0.5) is 0 Å². The second-order valence-electron chi connectivity index (χ2n) is 4.53. The summed E-state index contributed by atoms with van der Waals surface area (Å²) in [5.41, 5.74) is 0. The number of fused-ring (bicyclic) bond motifs is 2. The molecule has 0 saturated carbocycles. The zero-order valence-electron chi connectivity index (χ0n) is 8.74. The van der Waals surface area contributed by atoms with Gasteiger partial charge in [0.05, 0.1) is 6.04 Å². The summed E-state index contributed by atoms with van der Waals surface area (Å²) < 4.78 is 5.37. The smallest absolute Gasteiger partial charge is 0.230 e. The number of rotatable bonds is 1. The van der Waals surface area contributed by atoms with Gasteiger partial charge in [-0.05, 0) is 25.9 Å². The van der Waals surface area contributed by atoms with Crippen LogP contribution in [-0.4, -0.2) is 36.5 Å². The van der Waals surface area contributed by atoms with Crippen LogP contribution in [0.2, 0.25) is 0 Å². The molecule has 3 aliphatic rings. The highest BCUT2D eigenvalue weighted by Crippen LogP contribution is 2.32. The largest absolute Gasteiger partial charge is 0.494 e. The molecule has 0 aliphatic carbocycles. The third kappa shape index (κ3) is 1.53.